The summed E-state index contributed by atoms with van der Waals surface area (Å²) in [6, 6.07) is 11.9. The molecule has 0 radical (unpaired) electrons. The van der Waals surface area contributed by atoms with Crippen LogP contribution < -0.4 is 10.6 Å². The topological polar surface area (TPSA) is 78.5 Å². The van der Waals surface area contributed by atoms with Crippen LogP contribution >= 0.6 is 0 Å². The van der Waals surface area contributed by atoms with Crippen LogP contribution in [0.25, 0.3) is 0 Å². The van der Waals surface area contributed by atoms with Crippen LogP contribution in [0.1, 0.15) is 61.4 Å². The molecule has 2 aromatic rings. The molecule has 2 atom stereocenters. The number of benzene rings is 2. The van der Waals surface area contributed by atoms with E-state index >= 15 is 0 Å². The smallest absolute Gasteiger partial charge is 0.252 e. The molecule has 34 heavy (non-hydrogen) atoms. The average molecular weight is 470 g/mol. The standard InChI is InChI=1S/C26H29F2N3O3/c1-25(2,30-23(33)17-8-4-3-5-9-17)24(34)31-15-21(18-12-19(27)14-20(28)13-18)26(16-31)11-7-6-10-22(32)29-26/h3-5,8-9,12-14,21H,6-7,10-11,15-16H2,1-2H3,(H,29,32)(H,30,33)/t21-,26+/m0/s1. The summed E-state index contributed by atoms with van der Waals surface area (Å²) < 4.78 is 28.2. The average Bonchev–Trinajstić information content (AvgIpc) is 3.03. The molecular weight excluding hydrogens is 440 g/mol. The first-order valence-corrected chi connectivity index (χ1v) is 11.5. The van der Waals surface area contributed by atoms with Crippen LogP contribution in [0.2, 0.25) is 0 Å². The monoisotopic (exact) mass is 469 g/mol. The van der Waals surface area contributed by atoms with E-state index in [0.717, 1.165) is 12.5 Å². The molecule has 0 aliphatic carbocycles. The van der Waals surface area contributed by atoms with Gasteiger partial charge in [-0.3, -0.25) is 14.4 Å². The highest BCUT2D eigenvalue weighted by atomic mass is 19.1. The molecule has 2 N–H and O–H groups in total. The van der Waals surface area contributed by atoms with Crippen molar-refractivity contribution in [2.75, 3.05) is 13.1 Å². The van der Waals surface area contributed by atoms with Crippen LogP contribution in [0, 0.1) is 11.6 Å². The minimum absolute atomic E-state index is 0.134. The second kappa shape index (κ2) is 9.16. The first kappa shape index (κ1) is 23.9. The van der Waals surface area contributed by atoms with Gasteiger partial charge in [0.1, 0.15) is 17.2 Å². The minimum Gasteiger partial charge on any atom is -0.348 e. The van der Waals surface area contributed by atoms with E-state index in [1.54, 1.807) is 49.1 Å². The lowest BCUT2D eigenvalue weighted by molar-refractivity contribution is -0.136. The fourth-order valence-corrected chi connectivity index (χ4v) is 5.17. The highest BCUT2D eigenvalue weighted by molar-refractivity contribution is 5.99. The van der Waals surface area contributed by atoms with Gasteiger partial charge < -0.3 is 15.5 Å². The lowest BCUT2D eigenvalue weighted by Gasteiger charge is -2.35. The van der Waals surface area contributed by atoms with E-state index in [0.29, 0.717) is 30.4 Å². The molecule has 0 saturated carbocycles. The zero-order valence-corrected chi connectivity index (χ0v) is 19.4. The van der Waals surface area contributed by atoms with Crippen molar-refractivity contribution in [3.63, 3.8) is 0 Å². The van der Waals surface area contributed by atoms with E-state index in [9.17, 15) is 23.2 Å². The van der Waals surface area contributed by atoms with Crippen LogP contribution in [0.5, 0.6) is 0 Å². The SMILES string of the molecule is CC(C)(NC(=O)c1ccccc1)C(=O)N1C[C@@H](c2cc(F)cc(F)c2)[C@@]2(CCCCC(=O)N2)C1. The second-order valence-electron chi connectivity index (χ2n) is 9.80. The maximum absolute atomic E-state index is 14.1. The van der Waals surface area contributed by atoms with E-state index in [1.165, 1.54) is 12.1 Å². The number of nitrogens with zero attached hydrogens (tertiary/aromatic N) is 1. The number of hydrogen-bond donors (Lipinski definition) is 2. The van der Waals surface area contributed by atoms with Crippen molar-refractivity contribution in [1.82, 2.24) is 15.5 Å². The molecule has 2 fully saturated rings. The number of hydrogen-bond acceptors (Lipinski definition) is 3. The van der Waals surface area contributed by atoms with Crippen molar-refractivity contribution in [2.24, 2.45) is 0 Å². The first-order chi connectivity index (χ1) is 16.1. The van der Waals surface area contributed by atoms with Gasteiger partial charge in [-0.05, 0) is 56.5 Å². The summed E-state index contributed by atoms with van der Waals surface area (Å²) in [5, 5.41) is 5.88. The molecule has 3 amide bonds. The predicted octanol–water partition coefficient (Wildman–Crippen LogP) is 3.53. The van der Waals surface area contributed by atoms with Gasteiger partial charge in [0.15, 0.2) is 0 Å². The van der Waals surface area contributed by atoms with Crippen molar-refractivity contribution < 1.29 is 23.2 Å². The molecule has 6 nitrogen and oxygen atoms in total. The normalized spacial score (nSPS) is 22.9. The summed E-state index contributed by atoms with van der Waals surface area (Å²) >= 11 is 0. The molecule has 4 rings (SSSR count). The highest BCUT2D eigenvalue weighted by Crippen LogP contribution is 2.42. The second-order valence-corrected chi connectivity index (χ2v) is 9.80. The van der Waals surface area contributed by atoms with Crippen LogP contribution in [0.15, 0.2) is 48.5 Å². The quantitative estimate of drug-likeness (QED) is 0.719. The Balaban J connectivity index is 1.62. The summed E-state index contributed by atoms with van der Waals surface area (Å²) in [6.07, 6.45) is 2.42. The number of halogens is 2. The molecule has 2 saturated heterocycles. The summed E-state index contributed by atoms with van der Waals surface area (Å²) in [7, 11) is 0. The maximum atomic E-state index is 14.1. The van der Waals surface area contributed by atoms with E-state index in [4.69, 9.17) is 0 Å². The van der Waals surface area contributed by atoms with E-state index in [-0.39, 0.29) is 30.8 Å². The molecule has 0 aromatic heterocycles. The van der Waals surface area contributed by atoms with Gasteiger partial charge in [-0.15, -0.1) is 0 Å². The Morgan fingerprint density at radius 2 is 1.76 bits per heavy atom. The van der Waals surface area contributed by atoms with Crippen molar-refractivity contribution in [3.8, 4) is 0 Å². The largest absolute Gasteiger partial charge is 0.348 e. The molecule has 1 spiro atoms. The Morgan fingerprint density at radius 1 is 1.09 bits per heavy atom. The van der Waals surface area contributed by atoms with Crippen molar-refractivity contribution in [1.29, 1.82) is 0 Å². The number of nitrogens with one attached hydrogen (secondary N) is 2. The van der Waals surface area contributed by atoms with Gasteiger partial charge >= 0.3 is 0 Å². The van der Waals surface area contributed by atoms with Gasteiger partial charge in [-0.25, -0.2) is 8.78 Å². The van der Waals surface area contributed by atoms with Crippen molar-refractivity contribution in [3.05, 3.63) is 71.3 Å². The van der Waals surface area contributed by atoms with Gasteiger partial charge in [-0.2, -0.15) is 0 Å². The molecule has 180 valence electrons. The Morgan fingerprint density at radius 3 is 2.44 bits per heavy atom. The Labute approximate surface area is 197 Å². The number of amides is 3. The fourth-order valence-electron chi connectivity index (χ4n) is 5.17. The number of likely N-dealkylation sites (tertiary alicyclic amines) is 1. The van der Waals surface area contributed by atoms with E-state index in [1.807, 2.05) is 0 Å². The van der Waals surface area contributed by atoms with E-state index in [2.05, 4.69) is 10.6 Å². The molecule has 2 aliphatic rings. The van der Waals surface area contributed by atoms with Crippen molar-refractivity contribution >= 4 is 17.7 Å². The molecular formula is C26H29F2N3O3. The molecule has 8 heteroatoms. The fraction of sp³-hybridized carbons (Fsp3) is 0.423. The van der Waals surface area contributed by atoms with E-state index < -0.39 is 28.6 Å². The minimum atomic E-state index is -1.23. The maximum Gasteiger partial charge on any atom is 0.252 e. The number of carbonyl (C=O) groups excluding carboxylic acids is 3. The molecule has 0 unspecified atom stereocenters. The zero-order chi connectivity index (χ0) is 24.5. The summed E-state index contributed by atoms with van der Waals surface area (Å²) in [5.74, 6) is -2.72. The van der Waals surface area contributed by atoms with Crippen LogP contribution in [0.3, 0.4) is 0 Å². The number of rotatable bonds is 4. The number of carbonyl (C=O) groups is 3. The van der Waals surface area contributed by atoms with Gasteiger partial charge in [0, 0.05) is 37.1 Å². The Bertz CT molecular complexity index is 1090. The lowest BCUT2D eigenvalue weighted by atomic mass is 9.79. The molecule has 2 heterocycles. The first-order valence-electron chi connectivity index (χ1n) is 11.5. The van der Waals surface area contributed by atoms with Gasteiger partial charge in [0.25, 0.3) is 5.91 Å². The van der Waals surface area contributed by atoms with Crippen LogP contribution in [-0.4, -0.2) is 46.8 Å². The zero-order valence-electron chi connectivity index (χ0n) is 19.4. The highest BCUT2D eigenvalue weighted by Gasteiger charge is 2.51. The molecule has 0 bridgehead atoms. The van der Waals surface area contributed by atoms with Gasteiger partial charge in [0.05, 0.1) is 5.54 Å². The predicted molar refractivity (Wildman–Crippen MR) is 123 cm³/mol. The lowest BCUT2D eigenvalue weighted by Crippen LogP contribution is -2.57. The summed E-state index contributed by atoms with van der Waals surface area (Å²) in [6.45, 7) is 3.63. The molecule has 2 aliphatic heterocycles. The van der Waals surface area contributed by atoms with Gasteiger partial charge in [0.2, 0.25) is 11.8 Å². The Hall–Kier alpha value is -3.29. The summed E-state index contributed by atoms with van der Waals surface area (Å²) in [4.78, 5) is 40.4. The van der Waals surface area contributed by atoms with Crippen LogP contribution in [-0.2, 0) is 9.59 Å². The molecule has 2 aromatic carbocycles. The van der Waals surface area contributed by atoms with Crippen LogP contribution in [0.4, 0.5) is 8.78 Å². The van der Waals surface area contributed by atoms with Gasteiger partial charge in [-0.1, -0.05) is 24.6 Å². The third-order valence-electron chi connectivity index (χ3n) is 6.78. The third-order valence-corrected chi connectivity index (χ3v) is 6.78. The summed E-state index contributed by atoms with van der Waals surface area (Å²) in [5.41, 5.74) is -1.22. The van der Waals surface area contributed by atoms with Crippen molar-refractivity contribution in [2.45, 2.75) is 56.5 Å². The third kappa shape index (κ3) is 4.81. The Kier molecular flexibility index (Phi) is 6.43.